The molecule has 2 aromatic carbocycles. The lowest BCUT2D eigenvalue weighted by Crippen LogP contribution is -2.39. The third kappa shape index (κ3) is 5.26. The number of anilines is 4. The van der Waals surface area contributed by atoms with E-state index < -0.39 is 11.6 Å². The minimum absolute atomic E-state index is 0.0726. The number of nitrogens with one attached hydrogen (secondary N) is 2. The highest BCUT2D eigenvalue weighted by molar-refractivity contribution is 5.89. The smallest absolute Gasteiger partial charge is 0.231 e. The summed E-state index contributed by atoms with van der Waals surface area (Å²) in [4.78, 5) is 26.1. The van der Waals surface area contributed by atoms with Crippen molar-refractivity contribution in [3.05, 3.63) is 60.4 Å². The van der Waals surface area contributed by atoms with Crippen LogP contribution in [0.2, 0.25) is 0 Å². The van der Waals surface area contributed by atoms with Gasteiger partial charge in [-0.25, -0.2) is 14.4 Å². The molecule has 0 aliphatic carbocycles. The average molecular weight is 440 g/mol. The van der Waals surface area contributed by atoms with Crippen molar-refractivity contribution >= 4 is 29.2 Å². The van der Waals surface area contributed by atoms with Crippen LogP contribution < -0.4 is 20.3 Å². The number of piperidine rings is 1. The van der Waals surface area contributed by atoms with Gasteiger partial charge < -0.3 is 20.3 Å². The number of ether oxygens (including phenoxy) is 1. The minimum Gasteiger partial charge on any atom is -0.487 e. The highest BCUT2D eigenvalue weighted by atomic mass is 19.2. The molecule has 1 fully saturated rings. The molecule has 1 amide bonds. The first kappa shape index (κ1) is 21.4. The standard InChI is InChI=1S/C22H22F2N6O2/c1-14(31)27-15-4-2-5-16(12-15)28-21-25-13-26-22(29-21)30-10-8-17(9-11-30)32-19-7-3-6-18(23)20(19)24/h2-7,12-13,17H,8-11H2,1H3,(H,27,31)(H,25,26,28,29). The number of carbonyl (C=O) groups is 1. The maximum atomic E-state index is 13.8. The monoisotopic (exact) mass is 440 g/mol. The van der Waals surface area contributed by atoms with Crippen LogP contribution in [-0.2, 0) is 4.79 Å². The molecule has 0 unspecified atom stereocenters. The summed E-state index contributed by atoms with van der Waals surface area (Å²) in [7, 11) is 0. The second-order valence-corrected chi connectivity index (χ2v) is 7.35. The zero-order valence-electron chi connectivity index (χ0n) is 17.4. The van der Waals surface area contributed by atoms with E-state index in [0.717, 1.165) is 11.8 Å². The number of hydrogen-bond acceptors (Lipinski definition) is 7. The number of halogens is 2. The number of amides is 1. The molecular weight excluding hydrogens is 418 g/mol. The van der Waals surface area contributed by atoms with E-state index in [-0.39, 0.29) is 17.8 Å². The maximum absolute atomic E-state index is 13.8. The Balaban J connectivity index is 1.37. The summed E-state index contributed by atoms with van der Waals surface area (Å²) in [6.07, 6.45) is 2.43. The number of hydrogen-bond donors (Lipinski definition) is 2. The van der Waals surface area contributed by atoms with E-state index in [1.54, 1.807) is 12.1 Å². The van der Waals surface area contributed by atoms with Gasteiger partial charge in [0.15, 0.2) is 11.6 Å². The Kier molecular flexibility index (Phi) is 6.39. The average Bonchev–Trinajstić information content (AvgIpc) is 2.77. The molecule has 32 heavy (non-hydrogen) atoms. The Morgan fingerprint density at radius 2 is 1.84 bits per heavy atom. The highest BCUT2D eigenvalue weighted by Crippen LogP contribution is 2.25. The van der Waals surface area contributed by atoms with E-state index in [1.165, 1.54) is 25.4 Å². The summed E-state index contributed by atoms with van der Waals surface area (Å²) in [6, 6.07) is 11.1. The van der Waals surface area contributed by atoms with Crippen LogP contribution in [0, 0.1) is 11.6 Å². The molecular formula is C22H22F2N6O2. The lowest BCUT2D eigenvalue weighted by molar-refractivity contribution is -0.114. The van der Waals surface area contributed by atoms with Gasteiger partial charge in [-0.2, -0.15) is 9.37 Å². The number of carbonyl (C=O) groups excluding carboxylic acids is 1. The maximum Gasteiger partial charge on any atom is 0.231 e. The molecule has 1 aromatic heterocycles. The number of benzene rings is 2. The second kappa shape index (κ2) is 9.54. The zero-order valence-corrected chi connectivity index (χ0v) is 17.4. The summed E-state index contributed by atoms with van der Waals surface area (Å²) < 4.78 is 32.9. The first-order valence-electron chi connectivity index (χ1n) is 10.2. The molecule has 2 N–H and O–H groups in total. The molecule has 166 valence electrons. The van der Waals surface area contributed by atoms with Gasteiger partial charge in [0, 0.05) is 44.2 Å². The van der Waals surface area contributed by atoms with Crippen molar-refractivity contribution in [1.29, 1.82) is 0 Å². The van der Waals surface area contributed by atoms with E-state index in [2.05, 4.69) is 25.6 Å². The Hall–Kier alpha value is -3.82. The van der Waals surface area contributed by atoms with Crippen molar-refractivity contribution in [3.63, 3.8) is 0 Å². The van der Waals surface area contributed by atoms with Gasteiger partial charge in [-0.15, -0.1) is 0 Å². The highest BCUT2D eigenvalue weighted by Gasteiger charge is 2.24. The number of aromatic nitrogens is 3. The molecule has 1 saturated heterocycles. The summed E-state index contributed by atoms with van der Waals surface area (Å²) in [6.45, 7) is 2.65. The van der Waals surface area contributed by atoms with Gasteiger partial charge in [-0.1, -0.05) is 12.1 Å². The predicted molar refractivity (Wildman–Crippen MR) is 116 cm³/mol. The van der Waals surface area contributed by atoms with E-state index in [9.17, 15) is 13.6 Å². The largest absolute Gasteiger partial charge is 0.487 e. The van der Waals surface area contributed by atoms with Gasteiger partial charge in [-0.05, 0) is 30.3 Å². The summed E-state index contributed by atoms with van der Waals surface area (Å²) >= 11 is 0. The summed E-state index contributed by atoms with van der Waals surface area (Å²) in [5, 5.41) is 5.83. The van der Waals surface area contributed by atoms with Crippen molar-refractivity contribution in [2.24, 2.45) is 0 Å². The van der Waals surface area contributed by atoms with E-state index in [0.29, 0.717) is 43.5 Å². The molecule has 0 spiro atoms. The molecule has 2 heterocycles. The lowest BCUT2D eigenvalue weighted by atomic mass is 10.1. The minimum atomic E-state index is -0.967. The van der Waals surface area contributed by atoms with Gasteiger partial charge in [0.2, 0.25) is 23.6 Å². The van der Waals surface area contributed by atoms with Crippen molar-refractivity contribution in [2.75, 3.05) is 28.6 Å². The van der Waals surface area contributed by atoms with Crippen molar-refractivity contribution in [2.45, 2.75) is 25.9 Å². The normalized spacial score (nSPS) is 14.2. The Bertz CT molecular complexity index is 1110. The van der Waals surface area contributed by atoms with Crippen molar-refractivity contribution in [3.8, 4) is 5.75 Å². The third-order valence-electron chi connectivity index (χ3n) is 4.93. The second-order valence-electron chi connectivity index (χ2n) is 7.35. The fourth-order valence-electron chi connectivity index (χ4n) is 3.44. The molecule has 4 rings (SSSR count). The van der Waals surface area contributed by atoms with Crippen LogP contribution in [0.5, 0.6) is 5.75 Å². The van der Waals surface area contributed by atoms with Crippen LogP contribution in [0.25, 0.3) is 0 Å². The van der Waals surface area contributed by atoms with Gasteiger partial charge in [0.1, 0.15) is 12.4 Å². The molecule has 8 nitrogen and oxygen atoms in total. The first-order chi connectivity index (χ1) is 15.5. The predicted octanol–water partition coefficient (Wildman–Crippen LogP) is 3.90. The quantitative estimate of drug-likeness (QED) is 0.601. The lowest BCUT2D eigenvalue weighted by Gasteiger charge is -2.32. The van der Waals surface area contributed by atoms with Crippen LogP contribution in [0.4, 0.5) is 32.1 Å². The van der Waals surface area contributed by atoms with Crippen LogP contribution in [-0.4, -0.2) is 40.1 Å². The molecule has 0 atom stereocenters. The van der Waals surface area contributed by atoms with Gasteiger partial charge in [0.05, 0.1) is 0 Å². The molecule has 0 bridgehead atoms. The molecule has 1 aliphatic heterocycles. The summed E-state index contributed by atoms with van der Waals surface area (Å²) in [5.41, 5.74) is 1.38. The zero-order chi connectivity index (χ0) is 22.5. The van der Waals surface area contributed by atoms with E-state index >= 15 is 0 Å². The molecule has 1 aliphatic rings. The van der Waals surface area contributed by atoms with E-state index in [4.69, 9.17) is 4.74 Å². The van der Waals surface area contributed by atoms with Crippen molar-refractivity contribution < 1.29 is 18.3 Å². The van der Waals surface area contributed by atoms with Gasteiger partial charge >= 0.3 is 0 Å². The van der Waals surface area contributed by atoms with Crippen LogP contribution in [0.3, 0.4) is 0 Å². The number of nitrogens with zero attached hydrogens (tertiary/aromatic N) is 4. The molecule has 3 aromatic rings. The van der Waals surface area contributed by atoms with Crippen LogP contribution in [0.15, 0.2) is 48.8 Å². The first-order valence-corrected chi connectivity index (χ1v) is 10.2. The Labute approximate surface area is 183 Å². The van der Waals surface area contributed by atoms with Crippen LogP contribution >= 0.6 is 0 Å². The fourth-order valence-corrected chi connectivity index (χ4v) is 3.44. The topological polar surface area (TPSA) is 92.3 Å². The SMILES string of the molecule is CC(=O)Nc1cccc(Nc2ncnc(N3CCC(Oc4cccc(F)c4F)CC3)n2)c1. The summed E-state index contributed by atoms with van der Waals surface area (Å²) in [5.74, 6) is -1.24. The Morgan fingerprint density at radius 1 is 1.09 bits per heavy atom. The Morgan fingerprint density at radius 3 is 2.62 bits per heavy atom. The third-order valence-corrected chi connectivity index (χ3v) is 4.93. The van der Waals surface area contributed by atoms with Crippen molar-refractivity contribution in [1.82, 2.24) is 15.0 Å². The molecule has 0 saturated carbocycles. The fraction of sp³-hybridized carbons (Fsp3) is 0.273. The molecule has 10 heteroatoms. The molecule has 0 radical (unpaired) electrons. The van der Waals surface area contributed by atoms with Crippen LogP contribution in [0.1, 0.15) is 19.8 Å². The van der Waals surface area contributed by atoms with Gasteiger partial charge in [-0.3, -0.25) is 4.79 Å². The number of rotatable bonds is 6. The van der Waals surface area contributed by atoms with Gasteiger partial charge in [0.25, 0.3) is 0 Å². The van der Waals surface area contributed by atoms with E-state index in [1.807, 2.05) is 17.0 Å².